The number of nitrogen functional groups attached to an aromatic ring is 1. The number of nitrogens with zero attached hydrogens (tertiary/aromatic N) is 2. The minimum Gasteiger partial charge on any atom is -0.481 e. The quantitative estimate of drug-likeness (QED) is 0.826. The van der Waals surface area contributed by atoms with Gasteiger partial charge in [-0.25, -0.2) is 0 Å². The van der Waals surface area contributed by atoms with Crippen molar-refractivity contribution in [2.45, 2.75) is 32.2 Å². The third kappa shape index (κ3) is 2.21. The first-order valence-electron chi connectivity index (χ1n) is 5.83. The molecule has 16 heavy (non-hydrogen) atoms. The first-order valence-corrected chi connectivity index (χ1v) is 5.83. The Balaban J connectivity index is 2.27. The zero-order chi connectivity index (χ0) is 11.5. The van der Waals surface area contributed by atoms with Crippen LogP contribution in [-0.2, 0) is 0 Å². The van der Waals surface area contributed by atoms with Crippen LogP contribution in [0, 0.1) is 0 Å². The fourth-order valence-electron chi connectivity index (χ4n) is 1.87. The van der Waals surface area contributed by atoms with Gasteiger partial charge in [0, 0.05) is 18.7 Å². The molecule has 0 unspecified atom stereocenters. The molecule has 1 aliphatic rings. The molecule has 88 valence electrons. The number of pyridine rings is 1. The van der Waals surface area contributed by atoms with Crippen LogP contribution in [0.5, 0.6) is 5.88 Å². The van der Waals surface area contributed by atoms with Gasteiger partial charge in [0.15, 0.2) is 5.82 Å². The molecule has 0 atom stereocenters. The molecule has 1 saturated carbocycles. The highest BCUT2D eigenvalue weighted by Crippen LogP contribution is 2.34. The molecule has 0 aromatic carbocycles. The monoisotopic (exact) mass is 221 g/mol. The number of hydrogen-bond acceptors (Lipinski definition) is 4. The van der Waals surface area contributed by atoms with E-state index in [2.05, 4.69) is 16.8 Å². The Morgan fingerprint density at radius 2 is 2.25 bits per heavy atom. The summed E-state index contributed by atoms with van der Waals surface area (Å²) in [5.74, 6) is 1.51. The highest BCUT2D eigenvalue weighted by Gasteiger charge is 2.30. The molecule has 2 rings (SSSR count). The Hall–Kier alpha value is -1.45. The van der Waals surface area contributed by atoms with Crippen LogP contribution in [0.25, 0.3) is 0 Å². The normalized spacial score (nSPS) is 14.9. The van der Waals surface area contributed by atoms with Crippen molar-refractivity contribution in [1.82, 2.24) is 4.98 Å². The lowest BCUT2D eigenvalue weighted by Crippen LogP contribution is -2.28. The Morgan fingerprint density at radius 1 is 1.50 bits per heavy atom. The van der Waals surface area contributed by atoms with E-state index >= 15 is 0 Å². The van der Waals surface area contributed by atoms with Crippen molar-refractivity contribution in [3.63, 3.8) is 0 Å². The summed E-state index contributed by atoms with van der Waals surface area (Å²) in [6.45, 7) is 3.18. The minimum atomic E-state index is 0.627. The molecule has 0 bridgehead atoms. The molecule has 0 amide bonds. The van der Waals surface area contributed by atoms with Crippen molar-refractivity contribution in [1.29, 1.82) is 0 Å². The molecule has 1 heterocycles. The van der Waals surface area contributed by atoms with Crippen molar-refractivity contribution in [3.8, 4) is 5.88 Å². The van der Waals surface area contributed by atoms with Gasteiger partial charge in [-0.05, 0) is 25.3 Å². The van der Waals surface area contributed by atoms with Gasteiger partial charge in [0.1, 0.15) is 0 Å². The topological polar surface area (TPSA) is 51.4 Å². The van der Waals surface area contributed by atoms with Crippen LogP contribution in [0.15, 0.2) is 12.1 Å². The maximum absolute atomic E-state index is 5.98. The highest BCUT2D eigenvalue weighted by atomic mass is 16.5. The summed E-state index contributed by atoms with van der Waals surface area (Å²) in [6, 6.07) is 4.30. The van der Waals surface area contributed by atoms with Crippen LogP contribution in [-0.4, -0.2) is 24.7 Å². The molecule has 1 aromatic heterocycles. The number of ether oxygens (including phenoxy) is 1. The van der Waals surface area contributed by atoms with Gasteiger partial charge < -0.3 is 15.4 Å². The van der Waals surface area contributed by atoms with E-state index in [1.807, 2.05) is 6.07 Å². The average molecular weight is 221 g/mol. The van der Waals surface area contributed by atoms with Crippen LogP contribution < -0.4 is 15.4 Å². The predicted octanol–water partition coefficient (Wildman–Crippen LogP) is 2.05. The van der Waals surface area contributed by atoms with Gasteiger partial charge in [-0.1, -0.05) is 6.92 Å². The summed E-state index contributed by atoms with van der Waals surface area (Å²) in [5, 5.41) is 0. The van der Waals surface area contributed by atoms with E-state index in [9.17, 15) is 0 Å². The van der Waals surface area contributed by atoms with Crippen molar-refractivity contribution >= 4 is 11.5 Å². The van der Waals surface area contributed by atoms with Gasteiger partial charge in [0.05, 0.1) is 12.8 Å². The lowest BCUT2D eigenvalue weighted by atomic mass is 10.3. The molecule has 0 saturated heterocycles. The molecule has 0 radical (unpaired) electrons. The van der Waals surface area contributed by atoms with E-state index in [-0.39, 0.29) is 0 Å². The molecule has 4 heteroatoms. The maximum atomic E-state index is 5.98. The summed E-state index contributed by atoms with van der Waals surface area (Å²) >= 11 is 0. The first kappa shape index (κ1) is 11.0. The molecule has 4 nitrogen and oxygen atoms in total. The summed E-state index contributed by atoms with van der Waals surface area (Å²) in [6.07, 6.45) is 3.60. The van der Waals surface area contributed by atoms with Gasteiger partial charge in [0.25, 0.3) is 0 Å². The van der Waals surface area contributed by atoms with E-state index in [0.717, 1.165) is 24.5 Å². The summed E-state index contributed by atoms with van der Waals surface area (Å²) in [4.78, 5) is 6.75. The fourth-order valence-corrected chi connectivity index (χ4v) is 1.87. The van der Waals surface area contributed by atoms with Gasteiger partial charge in [-0.15, -0.1) is 0 Å². The summed E-state index contributed by atoms with van der Waals surface area (Å²) < 4.78 is 5.14. The van der Waals surface area contributed by atoms with E-state index in [0.29, 0.717) is 11.9 Å². The first-order chi connectivity index (χ1) is 7.76. The zero-order valence-corrected chi connectivity index (χ0v) is 9.94. The molecule has 1 aliphatic carbocycles. The third-order valence-corrected chi connectivity index (χ3v) is 2.81. The van der Waals surface area contributed by atoms with Crippen LogP contribution in [0.1, 0.15) is 26.2 Å². The highest BCUT2D eigenvalue weighted by molar-refractivity contribution is 5.64. The molecular weight excluding hydrogens is 202 g/mol. The lowest BCUT2D eigenvalue weighted by molar-refractivity contribution is 0.398. The molecule has 1 fully saturated rings. The predicted molar refractivity (Wildman–Crippen MR) is 65.9 cm³/mol. The van der Waals surface area contributed by atoms with Crippen LogP contribution >= 0.6 is 0 Å². The smallest absolute Gasteiger partial charge is 0.215 e. The molecule has 1 aromatic rings. The summed E-state index contributed by atoms with van der Waals surface area (Å²) in [5.41, 5.74) is 6.72. The van der Waals surface area contributed by atoms with Gasteiger partial charge in [0.2, 0.25) is 5.88 Å². The van der Waals surface area contributed by atoms with Crippen molar-refractivity contribution < 1.29 is 4.74 Å². The maximum Gasteiger partial charge on any atom is 0.215 e. The van der Waals surface area contributed by atoms with E-state index in [1.54, 1.807) is 13.2 Å². The third-order valence-electron chi connectivity index (χ3n) is 2.81. The van der Waals surface area contributed by atoms with E-state index in [4.69, 9.17) is 10.5 Å². The average Bonchev–Trinajstić information content (AvgIpc) is 3.11. The van der Waals surface area contributed by atoms with Crippen molar-refractivity contribution in [2.75, 3.05) is 24.3 Å². The number of aromatic nitrogens is 1. The second kappa shape index (κ2) is 4.60. The number of rotatable bonds is 5. The molecular formula is C12H19N3O. The van der Waals surface area contributed by atoms with Crippen LogP contribution in [0.3, 0.4) is 0 Å². The van der Waals surface area contributed by atoms with Crippen molar-refractivity contribution in [2.24, 2.45) is 0 Å². The van der Waals surface area contributed by atoms with Crippen LogP contribution in [0.2, 0.25) is 0 Å². The van der Waals surface area contributed by atoms with E-state index in [1.165, 1.54) is 12.8 Å². The lowest BCUT2D eigenvalue weighted by Gasteiger charge is -2.24. The second-order valence-electron chi connectivity index (χ2n) is 4.19. The zero-order valence-electron chi connectivity index (χ0n) is 9.94. The Bertz CT molecular complexity index is 363. The Kier molecular flexibility index (Phi) is 3.17. The number of anilines is 2. The standard InChI is InChI=1S/C12H19N3O/c1-3-8-15(9-4-5-9)12-10(13)6-7-11(14-12)16-2/h6-7,9H,3-5,8,13H2,1-2H3. The largest absolute Gasteiger partial charge is 0.481 e. The Labute approximate surface area is 96.4 Å². The van der Waals surface area contributed by atoms with Gasteiger partial charge >= 0.3 is 0 Å². The summed E-state index contributed by atoms with van der Waals surface area (Å²) in [7, 11) is 1.63. The van der Waals surface area contributed by atoms with Gasteiger partial charge in [-0.2, -0.15) is 4.98 Å². The SMILES string of the molecule is CCCN(c1nc(OC)ccc1N)C1CC1. The van der Waals surface area contributed by atoms with Crippen molar-refractivity contribution in [3.05, 3.63) is 12.1 Å². The molecule has 2 N–H and O–H groups in total. The van der Waals surface area contributed by atoms with Crippen LogP contribution in [0.4, 0.5) is 11.5 Å². The fraction of sp³-hybridized carbons (Fsp3) is 0.583. The molecule has 0 spiro atoms. The molecule has 0 aliphatic heterocycles. The second-order valence-corrected chi connectivity index (χ2v) is 4.19. The Morgan fingerprint density at radius 3 is 2.81 bits per heavy atom. The minimum absolute atomic E-state index is 0.627. The number of hydrogen-bond donors (Lipinski definition) is 1. The van der Waals surface area contributed by atoms with Gasteiger partial charge in [-0.3, -0.25) is 0 Å². The van der Waals surface area contributed by atoms with E-state index < -0.39 is 0 Å². The number of nitrogens with two attached hydrogens (primary N) is 1. The number of methoxy groups -OCH3 is 1.